The Hall–Kier alpha value is -1.75. The van der Waals surface area contributed by atoms with Crippen LogP contribution >= 0.6 is 0 Å². The first-order chi connectivity index (χ1) is 7.66. The normalized spacial score (nSPS) is 19.6. The summed E-state index contributed by atoms with van der Waals surface area (Å²) < 4.78 is 0. The fourth-order valence-corrected chi connectivity index (χ4v) is 1.71. The number of rotatable bonds is 2. The lowest BCUT2D eigenvalue weighted by molar-refractivity contribution is 0.0939. The van der Waals surface area contributed by atoms with E-state index in [1.807, 2.05) is 0 Å². The van der Waals surface area contributed by atoms with E-state index < -0.39 is 0 Å². The number of phenols is 2. The first-order valence-electron chi connectivity index (χ1n) is 5.20. The van der Waals surface area contributed by atoms with Crippen LogP contribution in [0.15, 0.2) is 18.2 Å². The molecule has 1 saturated heterocycles. The maximum atomic E-state index is 11.7. The van der Waals surface area contributed by atoms with E-state index in [9.17, 15) is 9.90 Å². The summed E-state index contributed by atoms with van der Waals surface area (Å²) in [6.45, 7) is 1.68. The van der Waals surface area contributed by atoms with Crippen LogP contribution in [0.4, 0.5) is 0 Å². The Morgan fingerprint density at radius 3 is 2.81 bits per heavy atom. The number of hydrogen-bond acceptors (Lipinski definition) is 4. The molecule has 4 N–H and O–H groups in total. The molecule has 0 unspecified atom stereocenters. The van der Waals surface area contributed by atoms with Crippen molar-refractivity contribution >= 4 is 5.91 Å². The Balaban J connectivity index is 2.05. The van der Waals surface area contributed by atoms with Crippen molar-refractivity contribution in [3.8, 4) is 11.5 Å². The topological polar surface area (TPSA) is 81.6 Å². The number of phenolic OH excluding ortho intramolecular Hbond substituents is 2. The third-order valence-electron chi connectivity index (χ3n) is 2.63. The standard InChI is InChI=1S/C11H14N2O3/c14-9-2-1-7(5-10(9)15)11(16)13-8-3-4-12-6-8/h1-2,5,8,12,14-15H,3-4,6H2,(H,13,16)/t8-/m1/s1. The Morgan fingerprint density at radius 1 is 1.38 bits per heavy atom. The second-order valence-corrected chi connectivity index (χ2v) is 3.87. The zero-order chi connectivity index (χ0) is 11.5. The number of benzene rings is 1. The number of carbonyl (C=O) groups excluding carboxylic acids is 1. The molecule has 5 heteroatoms. The summed E-state index contributed by atoms with van der Waals surface area (Å²) in [4.78, 5) is 11.7. The van der Waals surface area contributed by atoms with Crippen LogP contribution < -0.4 is 10.6 Å². The maximum absolute atomic E-state index is 11.7. The van der Waals surface area contributed by atoms with Crippen LogP contribution in [0.3, 0.4) is 0 Å². The molecule has 5 nitrogen and oxygen atoms in total. The average Bonchev–Trinajstić information content (AvgIpc) is 2.74. The van der Waals surface area contributed by atoms with Gasteiger partial charge in [-0.2, -0.15) is 0 Å². The lowest BCUT2D eigenvalue weighted by Crippen LogP contribution is -2.36. The Bertz CT molecular complexity index is 400. The van der Waals surface area contributed by atoms with Gasteiger partial charge >= 0.3 is 0 Å². The molecule has 0 spiro atoms. The predicted octanol–water partition coefficient (Wildman–Crippen LogP) is 0.189. The SMILES string of the molecule is O=C(N[C@@H]1CCNC1)c1ccc(O)c(O)c1. The molecule has 1 aliphatic heterocycles. The van der Waals surface area contributed by atoms with Crippen molar-refractivity contribution in [2.75, 3.05) is 13.1 Å². The van der Waals surface area contributed by atoms with Crippen LogP contribution in [0.5, 0.6) is 11.5 Å². The van der Waals surface area contributed by atoms with Crippen molar-refractivity contribution in [1.82, 2.24) is 10.6 Å². The molecule has 0 aliphatic carbocycles. The highest BCUT2D eigenvalue weighted by molar-refractivity contribution is 5.95. The molecular weight excluding hydrogens is 208 g/mol. The second kappa shape index (κ2) is 4.40. The van der Waals surface area contributed by atoms with Gasteiger partial charge in [0.2, 0.25) is 0 Å². The third kappa shape index (κ3) is 2.25. The van der Waals surface area contributed by atoms with Crippen LogP contribution in [-0.2, 0) is 0 Å². The number of amides is 1. The van der Waals surface area contributed by atoms with Gasteiger partial charge in [-0.1, -0.05) is 0 Å². The molecule has 1 amide bonds. The van der Waals surface area contributed by atoms with Gasteiger partial charge in [0.15, 0.2) is 11.5 Å². The minimum atomic E-state index is -0.280. The summed E-state index contributed by atoms with van der Waals surface area (Å²) in [6.07, 6.45) is 0.913. The lowest BCUT2D eigenvalue weighted by atomic mass is 10.1. The minimum absolute atomic E-state index is 0.142. The Kier molecular flexibility index (Phi) is 2.96. The Morgan fingerprint density at radius 2 is 2.19 bits per heavy atom. The molecule has 16 heavy (non-hydrogen) atoms. The largest absolute Gasteiger partial charge is 0.504 e. The first-order valence-corrected chi connectivity index (χ1v) is 5.20. The van der Waals surface area contributed by atoms with E-state index in [4.69, 9.17) is 5.11 Å². The van der Waals surface area contributed by atoms with Crippen molar-refractivity contribution in [2.24, 2.45) is 0 Å². The number of nitrogens with one attached hydrogen (secondary N) is 2. The van der Waals surface area contributed by atoms with Crippen molar-refractivity contribution in [1.29, 1.82) is 0 Å². The molecule has 1 aromatic carbocycles. The third-order valence-corrected chi connectivity index (χ3v) is 2.63. The number of hydrogen-bond donors (Lipinski definition) is 4. The van der Waals surface area contributed by atoms with Crippen LogP contribution in [-0.4, -0.2) is 35.3 Å². The molecule has 1 fully saturated rings. The van der Waals surface area contributed by atoms with Crippen molar-refractivity contribution in [2.45, 2.75) is 12.5 Å². The summed E-state index contributed by atoms with van der Waals surface area (Å²) in [5.41, 5.74) is 0.349. The van der Waals surface area contributed by atoms with Crippen molar-refractivity contribution < 1.29 is 15.0 Å². The van der Waals surface area contributed by atoms with Crippen LogP contribution in [0.25, 0.3) is 0 Å². The zero-order valence-corrected chi connectivity index (χ0v) is 8.73. The van der Waals surface area contributed by atoms with Gasteiger partial charge in [0.05, 0.1) is 0 Å². The van der Waals surface area contributed by atoms with Gasteiger partial charge in [0.25, 0.3) is 5.91 Å². The monoisotopic (exact) mass is 222 g/mol. The highest BCUT2D eigenvalue weighted by Gasteiger charge is 2.17. The smallest absolute Gasteiger partial charge is 0.251 e. The highest BCUT2D eigenvalue weighted by atomic mass is 16.3. The van der Waals surface area contributed by atoms with Gasteiger partial charge in [-0.15, -0.1) is 0 Å². The zero-order valence-electron chi connectivity index (χ0n) is 8.73. The molecule has 2 rings (SSSR count). The maximum Gasteiger partial charge on any atom is 0.251 e. The molecule has 1 atom stereocenters. The fraction of sp³-hybridized carbons (Fsp3) is 0.364. The van der Waals surface area contributed by atoms with Gasteiger partial charge in [0, 0.05) is 18.2 Å². The van der Waals surface area contributed by atoms with Gasteiger partial charge < -0.3 is 20.8 Å². The van der Waals surface area contributed by atoms with E-state index >= 15 is 0 Å². The first kappa shape index (κ1) is 10.8. The fourth-order valence-electron chi connectivity index (χ4n) is 1.71. The Labute approximate surface area is 93.1 Å². The molecule has 1 aliphatic rings. The molecule has 1 aromatic rings. The molecule has 0 saturated carbocycles. The van der Waals surface area contributed by atoms with E-state index in [1.165, 1.54) is 18.2 Å². The van der Waals surface area contributed by atoms with Crippen molar-refractivity contribution in [3.05, 3.63) is 23.8 Å². The molecule has 0 aromatic heterocycles. The van der Waals surface area contributed by atoms with Gasteiger partial charge in [0.1, 0.15) is 0 Å². The highest BCUT2D eigenvalue weighted by Crippen LogP contribution is 2.24. The van der Waals surface area contributed by atoms with Crippen LogP contribution in [0, 0.1) is 0 Å². The molecular formula is C11H14N2O3. The van der Waals surface area contributed by atoms with Gasteiger partial charge in [-0.25, -0.2) is 0 Å². The lowest BCUT2D eigenvalue weighted by Gasteiger charge is -2.11. The number of aromatic hydroxyl groups is 2. The van der Waals surface area contributed by atoms with E-state index in [-0.39, 0.29) is 23.4 Å². The van der Waals surface area contributed by atoms with E-state index in [1.54, 1.807) is 0 Å². The van der Waals surface area contributed by atoms with E-state index in [2.05, 4.69) is 10.6 Å². The molecule has 0 bridgehead atoms. The van der Waals surface area contributed by atoms with Crippen LogP contribution in [0.2, 0.25) is 0 Å². The van der Waals surface area contributed by atoms with E-state index in [0.29, 0.717) is 5.56 Å². The minimum Gasteiger partial charge on any atom is -0.504 e. The molecule has 86 valence electrons. The van der Waals surface area contributed by atoms with E-state index in [0.717, 1.165) is 19.5 Å². The quantitative estimate of drug-likeness (QED) is 0.538. The van der Waals surface area contributed by atoms with Gasteiger partial charge in [-0.05, 0) is 31.2 Å². The molecule has 1 heterocycles. The summed E-state index contributed by atoms with van der Waals surface area (Å²) in [7, 11) is 0. The molecule has 0 radical (unpaired) electrons. The second-order valence-electron chi connectivity index (χ2n) is 3.87. The number of carbonyl (C=O) groups is 1. The average molecular weight is 222 g/mol. The van der Waals surface area contributed by atoms with Crippen LogP contribution in [0.1, 0.15) is 16.8 Å². The predicted molar refractivity (Wildman–Crippen MR) is 58.5 cm³/mol. The summed E-state index contributed by atoms with van der Waals surface area (Å²) in [5, 5.41) is 24.4. The van der Waals surface area contributed by atoms with Gasteiger partial charge in [-0.3, -0.25) is 4.79 Å². The van der Waals surface area contributed by atoms with Crippen molar-refractivity contribution in [3.63, 3.8) is 0 Å². The summed E-state index contributed by atoms with van der Waals surface area (Å²) in [5.74, 6) is -0.736. The summed E-state index contributed by atoms with van der Waals surface area (Å²) >= 11 is 0. The summed E-state index contributed by atoms with van der Waals surface area (Å²) in [6, 6.07) is 4.18.